The molecule has 7 nitrogen and oxygen atoms in total. The van der Waals surface area contributed by atoms with Gasteiger partial charge in [0.15, 0.2) is 6.61 Å². The van der Waals surface area contributed by atoms with Crippen LogP contribution in [0, 0.1) is 13.8 Å². The number of halogens is 1. The number of aryl methyl sites for hydroxylation is 2. The number of anilines is 1. The topological polar surface area (TPSA) is 87.7 Å². The lowest BCUT2D eigenvalue weighted by Gasteiger charge is -2.12. The molecule has 0 aromatic heterocycles. The lowest BCUT2D eigenvalue weighted by Crippen LogP contribution is -2.30. The Morgan fingerprint density at radius 2 is 1.66 bits per heavy atom. The lowest BCUT2D eigenvalue weighted by molar-refractivity contribution is -0.123. The highest BCUT2D eigenvalue weighted by Crippen LogP contribution is 2.27. The summed E-state index contributed by atoms with van der Waals surface area (Å²) in [6.07, 6.45) is 1.55. The third-order valence-corrected chi connectivity index (χ3v) is 5.68. The minimum atomic E-state index is -0.479. The summed E-state index contributed by atoms with van der Waals surface area (Å²) in [5, 5.41) is 5.63. The van der Waals surface area contributed by atoms with Crippen molar-refractivity contribution in [3.8, 4) is 5.75 Å². The number of nitrogens with one attached hydrogen (secondary N) is 2. The predicted octanol–water partition coefficient (Wildman–Crippen LogP) is 5.07. The van der Waals surface area contributed by atoms with Gasteiger partial charge in [0.1, 0.15) is 11.4 Å². The van der Waals surface area contributed by atoms with E-state index in [-0.39, 0.29) is 29.8 Å². The number of amides is 4. The van der Waals surface area contributed by atoms with Gasteiger partial charge in [-0.25, -0.2) is 4.79 Å². The van der Waals surface area contributed by atoms with E-state index in [9.17, 15) is 14.4 Å². The molecule has 0 spiro atoms. The summed E-state index contributed by atoms with van der Waals surface area (Å²) >= 11 is 6.32. The van der Waals surface area contributed by atoms with E-state index in [0.29, 0.717) is 17.0 Å². The largest absolute Gasteiger partial charge is 0.482 e. The molecule has 1 aliphatic heterocycles. The first-order valence-corrected chi connectivity index (χ1v) is 11.4. The molecule has 0 saturated carbocycles. The van der Waals surface area contributed by atoms with E-state index in [1.165, 1.54) is 0 Å². The number of hydrogen-bond acceptors (Lipinski definition) is 4. The van der Waals surface area contributed by atoms with Crippen LogP contribution in [0.3, 0.4) is 0 Å². The zero-order valence-corrected chi connectivity index (χ0v) is 20.1. The van der Waals surface area contributed by atoms with Crippen LogP contribution in [0.1, 0.15) is 22.3 Å². The lowest BCUT2D eigenvalue weighted by atomic mass is 10.1. The summed E-state index contributed by atoms with van der Waals surface area (Å²) in [7, 11) is 0. The van der Waals surface area contributed by atoms with Gasteiger partial charge in [0, 0.05) is 5.69 Å². The molecule has 3 aromatic carbocycles. The van der Waals surface area contributed by atoms with Gasteiger partial charge in [-0.15, -0.1) is 0 Å². The number of urea groups is 1. The van der Waals surface area contributed by atoms with Crippen molar-refractivity contribution < 1.29 is 19.1 Å². The smallest absolute Gasteiger partial charge is 0.329 e. The molecule has 1 saturated heterocycles. The quantitative estimate of drug-likeness (QED) is 0.358. The highest BCUT2D eigenvalue weighted by molar-refractivity contribution is 6.32. The molecular weight excluding hydrogens is 466 g/mol. The first kappa shape index (κ1) is 24.0. The maximum Gasteiger partial charge on any atom is 0.329 e. The summed E-state index contributed by atoms with van der Waals surface area (Å²) in [4.78, 5) is 38.4. The Morgan fingerprint density at radius 1 is 1.00 bits per heavy atom. The van der Waals surface area contributed by atoms with Crippen molar-refractivity contribution in [3.05, 3.63) is 99.7 Å². The molecule has 3 aromatic rings. The van der Waals surface area contributed by atoms with Crippen LogP contribution in [0.25, 0.3) is 6.08 Å². The van der Waals surface area contributed by atoms with Gasteiger partial charge in [-0.1, -0.05) is 65.2 Å². The van der Waals surface area contributed by atoms with Gasteiger partial charge in [-0.2, -0.15) is 0 Å². The van der Waals surface area contributed by atoms with Crippen molar-refractivity contribution in [1.29, 1.82) is 0 Å². The Labute approximate surface area is 208 Å². The number of carbonyl (C=O) groups excluding carboxylic acids is 3. The first-order chi connectivity index (χ1) is 16.8. The molecule has 4 amide bonds. The zero-order valence-electron chi connectivity index (χ0n) is 19.3. The number of nitrogens with zero attached hydrogens (tertiary/aromatic N) is 1. The van der Waals surface area contributed by atoms with Crippen LogP contribution < -0.4 is 15.4 Å². The number of rotatable bonds is 7. The fraction of sp³-hybridized carbons (Fsp3) is 0.148. The van der Waals surface area contributed by atoms with Crippen LogP contribution in [0.15, 0.2) is 72.4 Å². The molecular formula is C27H24ClN3O4. The minimum absolute atomic E-state index is 0.157. The molecule has 0 radical (unpaired) electrons. The molecule has 0 bridgehead atoms. The van der Waals surface area contributed by atoms with Crippen LogP contribution in [0.4, 0.5) is 10.5 Å². The Kier molecular flexibility index (Phi) is 7.17. The number of benzene rings is 3. The molecule has 1 aliphatic rings. The highest BCUT2D eigenvalue weighted by atomic mass is 35.5. The summed E-state index contributed by atoms with van der Waals surface area (Å²) < 4.78 is 5.54. The van der Waals surface area contributed by atoms with Crippen molar-refractivity contribution >= 4 is 41.2 Å². The Balaban J connectivity index is 1.37. The van der Waals surface area contributed by atoms with E-state index in [1.54, 1.807) is 24.3 Å². The van der Waals surface area contributed by atoms with Crippen molar-refractivity contribution in [2.45, 2.75) is 20.4 Å². The van der Waals surface area contributed by atoms with Crippen molar-refractivity contribution in [2.75, 3.05) is 11.9 Å². The normalized spacial score (nSPS) is 14.3. The van der Waals surface area contributed by atoms with Crippen LogP contribution in [-0.2, 0) is 16.1 Å². The molecule has 178 valence electrons. The van der Waals surface area contributed by atoms with Gasteiger partial charge in [0.2, 0.25) is 0 Å². The second-order valence-corrected chi connectivity index (χ2v) is 8.66. The summed E-state index contributed by atoms with van der Waals surface area (Å²) in [5.74, 6) is -0.403. The summed E-state index contributed by atoms with van der Waals surface area (Å²) in [5.41, 5.74) is 4.49. The fourth-order valence-corrected chi connectivity index (χ4v) is 3.70. The number of imide groups is 1. The van der Waals surface area contributed by atoms with Gasteiger partial charge in [0.25, 0.3) is 11.8 Å². The van der Waals surface area contributed by atoms with E-state index in [1.807, 2.05) is 62.4 Å². The second-order valence-electron chi connectivity index (χ2n) is 8.26. The van der Waals surface area contributed by atoms with Gasteiger partial charge in [0.05, 0.1) is 11.6 Å². The fourth-order valence-electron chi connectivity index (χ4n) is 3.46. The molecule has 35 heavy (non-hydrogen) atoms. The minimum Gasteiger partial charge on any atom is -0.482 e. The molecule has 1 fully saturated rings. The van der Waals surface area contributed by atoms with Crippen LogP contribution >= 0.6 is 11.6 Å². The average Bonchev–Trinajstić information content (AvgIpc) is 3.08. The van der Waals surface area contributed by atoms with E-state index < -0.39 is 11.9 Å². The Bertz CT molecular complexity index is 1300. The van der Waals surface area contributed by atoms with Gasteiger partial charge < -0.3 is 15.4 Å². The van der Waals surface area contributed by atoms with Gasteiger partial charge in [-0.3, -0.25) is 14.5 Å². The summed E-state index contributed by atoms with van der Waals surface area (Å²) in [6, 6.07) is 19.5. The maximum atomic E-state index is 12.8. The molecule has 0 aliphatic carbocycles. The highest BCUT2D eigenvalue weighted by Gasteiger charge is 2.33. The van der Waals surface area contributed by atoms with E-state index >= 15 is 0 Å². The van der Waals surface area contributed by atoms with Crippen molar-refractivity contribution in [1.82, 2.24) is 10.2 Å². The monoisotopic (exact) mass is 489 g/mol. The van der Waals surface area contributed by atoms with Crippen LogP contribution in [0.2, 0.25) is 5.02 Å². The molecule has 2 N–H and O–H groups in total. The number of ether oxygens (including phenoxy) is 1. The van der Waals surface area contributed by atoms with Crippen molar-refractivity contribution in [2.24, 2.45) is 0 Å². The SMILES string of the molecule is Cc1ccc(CN2C(=O)N/C(=C/c3ccc(OCC(=O)Nc4ccc(C)cc4)c(Cl)c3)C2=O)cc1. The molecule has 0 unspecified atom stereocenters. The number of hydrogen-bond donors (Lipinski definition) is 2. The third kappa shape index (κ3) is 6.07. The van der Waals surface area contributed by atoms with Gasteiger partial charge in [-0.05, 0) is 55.3 Å². The summed E-state index contributed by atoms with van der Waals surface area (Å²) in [6.45, 7) is 3.91. The van der Waals surface area contributed by atoms with Crippen LogP contribution in [0.5, 0.6) is 5.75 Å². The van der Waals surface area contributed by atoms with E-state index in [4.69, 9.17) is 16.3 Å². The van der Waals surface area contributed by atoms with Crippen LogP contribution in [-0.4, -0.2) is 29.4 Å². The number of carbonyl (C=O) groups is 3. The van der Waals surface area contributed by atoms with Gasteiger partial charge >= 0.3 is 6.03 Å². The second kappa shape index (κ2) is 10.4. The maximum absolute atomic E-state index is 12.8. The molecule has 1 heterocycles. The molecule has 8 heteroatoms. The predicted molar refractivity (Wildman–Crippen MR) is 135 cm³/mol. The average molecular weight is 490 g/mol. The van der Waals surface area contributed by atoms with Crippen molar-refractivity contribution in [3.63, 3.8) is 0 Å². The Hall–Kier alpha value is -4.10. The standard InChI is InChI=1S/C27H24ClN3O4/c1-17-3-7-19(8-4-17)15-31-26(33)23(30-27(31)34)14-20-9-12-24(22(28)13-20)35-16-25(32)29-21-10-5-18(2)6-11-21/h3-14H,15-16H2,1-2H3,(H,29,32)(H,30,34)/b23-14+. The van der Waals surface area contributed by atoms with E-state index in [2.05, 4.69) is 10.6 Å². The molecule has 0 atom stereocenters. The zero-order chi connectivity index (χ0) is 24.9. The molecule has 4 rings (SSSR count). The first-order valence-electron chi connectivity index (χ1n) is 11.0. The van der Waals surface area contributed by atoms with E-state index in [0.717, 1.165) is 21.6 Å². The Morgan fingerprint density at radius 3 is 2.31 bits per heavy atom. The third-order valence-electron chi connectivity index (χ3n) is 5.38.